The maximum Gasteiger partial charge on any atom is 0.409 e. The van der Waals surface area contributed by atoms with Crippen LogP contribution in [0.5, 0.6) is 0 Å². The number of likely N-dealkylation sites (tertiary alicyclic amines) is 1. The Kier molecular flexibility index (Phi) is 4.34. The van der Waals surface area contributed by atoms with E-state index in [2.05, 4.69) is 0 Å². The van der Waals surface area contributed by atoms with Crippen LogP contribution in [0, 0.1) is 0 Å². The summed E-state index contributed by atoms with van der Waals surface area (Å²) in [7, 11) is -4.05. The van der Waals surface area contributed by atoms with Gasteiger partial charge in [-0.3, -0.25) is 4.55 Å². The van der Waals surface area contributed by atoms with Crippen molar-refractivity contribution in [3.8, 4) is 0 Å². The Labute approximate surface area is 89.0 Å². The second-order valence-corrected chi connectivity index (χ2v) is 5.02. The van der Waals surface area contributed by atoms with Crippen molar-refractivity contribution in [1.82, 2.24) is 4.90 Å². The SMILES string of the molecule is O=C(OCCS(=O)(=O)O)N1CCCCC1. The fourth-order valence-electron chi connectivity index (χ4n) is 1.40. The van der Waals surface area contributed by atoms with Crippen LogP contribution in [0.25, 0.3) is 0 Å². The Bertz CT molecular complexity index is 307. The van der Waals surface area contributed by atoms with Crippen LogP contribution in [0.15, 0.2) is 0 Å². The molecule has 0 unspecified atom stereocenters. The van der Waals surface area contributed by atoms with Crippen molar-refractivity contribution in [2.45, 2.75) is 19.3 Å². The zero-order valence-corrected chi connectivity index (χ0v) is 9.20. The summed E-state index contributed by atoms with van der Waals surface area (Å²) in [6.45, 7) is 1.02. The maximum absolute atomic E-state index is 11.3. The highest BCUT2D eigenvalue weighted by molar-refractivity contribution is 7.85. The van der Waals surface area contributed by atoms with Gasteiger partial charge in [0.15, 0.2) is 0 Å². The molecule has 15 heavy (non-hydrogen) atoms. The Morgan fingerprint density at radius 1 is 1.27 bits per heavy atom. The van der Waals surface area contributed by atoms with E-state index in [0.717, 1.165) is 19.3 Å². The van der Waals surface area contributed by atoms with E-state index in [-0.39, 0.29) is 6.61 Å². The molecule has 0 atom stereocenters. The van der Waals surface area contributed by atoms with Crippen LogP contribution in [0.1, 0.15) is 19.3 Å². The lowest BCUT2D eigenvalue weighted by Gasteiger charge is -2.25. The van der Waals surface area contributed by atoms with Gasteiger partial charge in [0, 0.05) is 13.1 Å². The van der Waals surface area contributed by atoms with Gasteiger partial charge >= 0.3 is 6.09 Å². The third-order valence-corrected chi connectivity index (χ3v) is 2.86. The van der Waals surface area contributed by atoms with Crippen molar-refractivity contribution in [2.75, 3.05) is 25.4 Å². The van der Waals surface area contributed by atoms with E-state index in [1.165, 1.54) is 0 Å². The summed E-state index contributed by atoms with van der Waals surface area (Å²) in [5, 5.41) is 0. The molecule has 1 aliphatic heterocycles. The summed E-state index contributed by atoms with van der Waals surface area (Å²) in [5.41, 5.74) is 0. The zero-order valence-electron chi connectivity index (χ0n) is 8.39. The molecule has 1 saturated heterocycles. The minimum atomic E-state index is -4.05. The van der Waals surface area contributed by atoms with E-state index in [1.807, 2.05) is 0 Å². The second kappa shape index (κ2) is 5.32. The van der Waals surface area contributed by atoms with E-state index in [0.29, 0.717) is 13.1 Å². The molecule has 1 aliphatic rings. The number of hydrogen-bond donors (Lipinski definition) is 1. The highest BCUT2D eigenvalue weighted by Crippen LogP contribution is 2.09. The number of ether oxygens (including phenoxy) is 1. The number of nitrogens with zero attached hydrogens (tertiary/aromatic N) is 1. The third-order valence-electron chi connectivity index (χ3n) is 2.18. The van der Waals surface area contributed by atoms with Gasteiger partial charge in [-0.2, -0.15) is 8.42 Å². The molecular weight excluding hydrogens is 222 g/mol. The van der Waals surface area contributed by atoms with Gasteiger partial charge in [0.2, 0.25) is 0 Å². The monoisotopic (exact) mass is 237 g/mol. The van der Waals surface area contributed by atoms with Gasteiger partial charge in [0.1, 0.15) is 12.4 Å². The average Bonchev–Trinajstić information content (AvgIpc) is 2.17. The molecule has 7 heteroatoms. The lowest BCUT2D eigenvalue weighted by Crippen LogP contribution is -2.36. The van der Waals surface area contributed by atoms with Gasteiger partial charge in [0.25, 0.3) is 10.1 Å². The Morgan fingerprint density at radius 2 is 1.87 bits per heavy atom. The summed E-state index contributed by atoms with van der Waals surface area (Å²) in [6.07, 6.45) is 2.51. The van der Waals surface area contributed by atoms with E-state index in [1.54, 1.807) is 4.90 Å². The van der Waals surface area contributed by atoms with Crippen LogP contribution < -0.4 is 0 Å². The van der Waals surface area contributed by atoms with Crippen molar-refractivity contribution in [1.29, 1.82) is 0 Å². The molecule has 0 radical (unpaired) electrons. The van der Waals surface area contributed by atoms with E-state index in [4.69, 9.17) is 9.29 Å². The van der Waals surface area contributed by atoms with Gasteiger partial charge in [-0.15, -0.1) is 0 Å². The first-order valence-electron chi connectivity index (χ1n) is 4.86. The lowest BCUT2D eigenvalue weighted by molar-refractivity contribution is 0.100. The molecule has 1 amide bonds. The average molecular weight is 237 g/mol. The number of carbonyl (C=O) groups excluding carboxylic acids is 1. The van der Waals surface area contributed by atoms with Crippen molar-refractivity contribution in [3.63, 3.8) is 0 Å². The van der Waals surface area contributed by atoms with Gasteiger partial charge in [-0.25, -0.2) is 4.79 Å². The van der Waals surface area contributed by atoms with Gasteiger partial charge in [-0.1, -0.05) is 0 Å². The predicted octanol–water partition coefficient (Wildman–Crippen LogP) is 0.497. The van der Waals surface area contributed by atoms with E-state index in [9.17, 15) is 13.2 Å². The zero-order chi connectivity index (χ0) is 11.3. The summed E-state index contributed by atoms with van der Waals surface area (Å²) >= 11 is 0. The van der Waals surface area contributed by atoms with Crippen LogP contribution in [-0.4, -0.2) is 49.4 Å². The Balaban J connectivity index is 2.23. The standard InChI is InChI=1S/C8H15NO5S/c10-8(9-4-2-1-3-5-9)14-6-7-15(11,12)13/h1-7H2,(H,11,12,13). The lowest BCUT2D eigenvalue weighted by atomic mass is 10.1. The Morgan fingerprint density at radius 3 is 2.40 bits per heavy atom. The molecule has 0 saturated carbocycles. The smallest absolute Gasteiger partial charge is 0.409 e. The van der Waals surface area contributed by atoms with Crippen molar-refractivity contribution >= 4 is 16.2 Å². The minimum Gasteiger partial charge on any atom is -0.448 e. The molecule has 0 aromatic heterocycles. The van der Waals surface area contributed by atoms with Gasteiger partial charge < -0.3 is 9.64 Å². The first-order valence-corrected chi connectivity index (χ1v) is 6.47. The van der Waals surface area contributed by atoms with Crippen LogP contribution in [0.4, 0.5) is 4.79 Å². The third kappa shape index (κ3) is 4.98. The molecule has 6 nitrogen and oxygen atoms in total. The number of hydrogen-bond acceptors (Lipinski definition) is 4. The maximum atomic E-state index is 11.3. The summed E-state index contributed by atoms with van der Waals surface area (Å²) in [4.78, 5) is 12.9. The largest absolute Gasteiger partial charge is 0.448 e. The predicted molar refractivity (Wildman–Crippen MR) is 53.2 cm³/mol. The van der Waals surface area contributed by atoms with Gasteiger partial charge in [-0.05, 0) is 19.3 Å². The van der Waals surface area contributed by atoms with Crippen molar-refractivity contribution < 1.29 is 22.5 Å². The van der Waals surface area contributed by atoms with Crippen LogP contribution in [0.2, 0.25) is 0 Å². The highest BCUT2D eigenvalue weighted by Gasteiger charge is 2.18. The molecule has 1 N–H and O–H groups in total. The molecule has 1 rings (SSSR count). The van der Waals surface area contributed by atoms with Crippen LogP contribution in [-0.2, 0) is 14.9 Å². The highest BCUT2D eigenvalue weighted by atomic mass is 32.2. The molecule has 0 aromatic carbocycles. The molecule has 1 fully saturated rings. The number of amides is 1. The topological polar surface area (TPSA) is 83.9 Å². The number of carbonyl (C=O) groups is 1. The molecule has 88 valence electrons. The molecule has 1 heterocycles. The summed E-state index contributed by atoms with van der Waals surface area (Å²) in [5.74, 6) is -0.549. The fourth-order valence-corrected chi connectivity index (χ4v) is 1.70. The van der Waals surface area contributed by atoms with E-state index >= 15 is 0 Å². The molecule has 0 spiro atoms. The quantitative estimate of drug-likeness (QED) is 0.722. The minimum absolute atomic E-state index is 0.297. The second-order valence-electron chi connectivity index (χ2n) is 3.45. The number of rotatable bonds is 3. The first-order chi connectivity index (χ1) is 6.99. The van der Waals surface area contributed by atoms with Crippen molar-refractivity contribution in [2.24, 2.45) is 0 Å². The fraction of sp³-hybridized carbons (Fsp3) is 0.875. The summed E-state index contributed by atoms with van der Waals surface area (Å²) < 4.78 is 33.8. The number of piperidine rings is 1. The van der Waals surface area contributed by atoms with Crippen LogP contribution >= 0.6 is 0 Å². The van der Waals surface area contributed by atoms with Crippen molar-refractivity contribution in [3.05, 3.63) is 0 Å². The molecule has 0 aliphatic carbocycles. The van der Waals surface area contributed by atoms with Gasteiger partial charge in [0.05, 0.1) is 0 Å². The normalized spacial score (nSPS) is 17.5. The molecule has 0 aromatic rings. The Hall–Kier alpha value is -0.820. The summed E-state index contributed by atoms with van der Waals surface area (Å²) in [6, 6.07) is 0. The molecule has 0 bridgehead atoms. The first kappa shape index (κ1) is 12.3. The van der Waals surface area contributed by atoms with E-state index < -0.39 is 22.0 Å². The molecular formula is C8H15NO5S. The van der Waals surface area contributed by atoms with Crippen LogP contribution in [0.3, 0.4) is 0 Å².